The molecule has 5 rings (SSSR count). The van der Waals surface area contributed by atoms with Crippen molar-refractivity contribution in [3.8, 4) is 0 Å². The fourth-order valence-corrected chi connectivity index (χ4v) is 5.03. The summed E-state index contributed by atoms with van der Waals surface area (Å²) in [7, 11) is 0. The van der Waals surface area contributed by atoms with Gasteiger partial charge in [-0.15, -0.1) is 0 Å². The van der Waals surface area contributed by atoms with Crippen LogP contribution in [0.15, 0.2) is 77.6 Å². The summed E-state index contributed by atoms with van der Waals surface area (Å²) in [5.74, 6) is -2.36. The first-order valence-corrected chi connectivity index (χ1v) is 13.4. The van der Waals surface area contributed by atoms with Crippen LogP contribution >= 0.6 is 0 Å². The summed E-state index contributed by atoms with van der Waals surface area (Å²) in [4.78, 5) is 70.0. The van der Waals surface area contributed by atoms with Crippen LogP contribution in [0.4, 0.5) is 10.5 Å². The number of ether oxygens (including phenoxy) is 1. The summed E-state index contributed by atoms with van der Waals surface area (Å²) in [5.41, 5.74) is 0.498. The molecule has 2 heterocycles. The van der Waals surface area contributed by atoms with Gasteiger partial charge < -0.3 is 15.4 Å². The molecule has 0 aliphatic carbocycles. The number of benzene rings is 3. The lowest BCUT2D eigenvalue weighted by atomic mass is 9.87. The summed E-state index contributed by atoms with van der Waals surface area (Å²) in [5, 5.41) is 7.85. The largest absolute Gasteiger partial charge is 0.459 e. The molecule has 1 aliphatic rings. The van der Waals surface area contributed by atoms with Crippen molar-refractivity contribution in [2.75, 3.05) is 5.32 Å². The molecule has 3 N–H and O–H groups in total. The quantitative estimate of drug-likeness (QED) is 0.176. The molecule has 42 heavy (non-hydrogen) atoms. The third-order valence-corrected chi connectivity index (χ3v) is 7.10. The van der Waals surface area contributed by atoms with E-state index in [0.29, 0.717) is 22.3 Å². The summed E-state index contributed by atoms with van der Waals surface area (Å²) in [6.07, 6.45) is -0.435. The topological polar surface area (TPSA) is 148 Å². The fraction of sp³-hybridized carbons (Fsp3) is 0.226. The van der Waals surface area contributed by atoms with E-state index in [1.165, 1.54) is 6.92 Å². The molecule has 1 atom stereocenters. The first-order chi connectivity index (χ1) is 20.2. The number of aromatic nitrogens is 2. The second kappa shape index (κ2) is 11.7. The number of urea groups is 1. The number of fused-ring (bicyclic) bond motifs is 1. The average molecular weight is 568 g/mol. The monoisotopic (exact) mass is 567 g/mol. The highest BCUT2D eigenvalue weighted by atomic mass is 16.5. The minimum absolute atomic E-state index is 0.0974. The summed E-state index contributed by atoms with van der Waals surface area (Å²) in [6, 6.07) is 20.8. The summed E-state index contributed by atoms with van der Waals surface area (Å²) in [6.45, 7) is 3.41. The van der Waals surface area contributed by atoms with Crippen LogP contribution < -0.4 is 21.5 Å². The van der Waals surface area contributed by atoms with Crippen LogP contribution in [0.2, 0.25) is 0 Å². The second-order valence-corrected chi connectivity index (χ2v) is 10.1. The Balaban J connectivity index is 1.46. The fourth-order valence-electron chi connectivity index (χ4n) is 5.03. The molecule has 11 nitrogen and oxygen atoms in total. The van der Waals surface area contributed by atoms with Crippen molar-refractivity contribution in [3.05, 3.63) is 106 Å². The molecule has 1 aliphatic heterocycles. The van der Waals surface area contributed by atoms with E-state index in [2.05, 4.69) is 20.9 Å². The van der Waals surface area contributed by atoms with Crippen molar-refractivity contribution < 1.29 is 23.9 Å². The molecule has 0 radical (unpaired) electrons. The van der Waals surface area contributed by atoms with Gasteiger partial charge in [-0.1, -0.05) is 48.5 Å². The van der Waals surface area contributed by atoms with E-state index >= 15 is 0 Å². The van der Waals surface area contributed by atoms with Gasteiger partial charge >= 0.3 is 12.0 Å². The van der Waals surface area contributed by atoms with Gasteiger partial charge in [0.2, 0.25) is 11.4 Å². The van der Waals surface area contributed by atoms with E-state index in [1.54, 1.807) is 48.5 Å². The molecule has 11 heteroatoms. The number of aryl methyl sites for hydroxylation is 2. The van der Waals surface area contributed by atoms with Gasteiger partial charge in [-0.25, -0.2) is 14.6 Å². The van der Waals surface area contributed by atoms with E-state index < -0.39 is 34.9 Å². The lowest BCUT2D eigenvalue weighted by Gasteiger charge is -2.35. The van der Waals surface area contributed by atoms with Crippen molar-refractivity contribution in [2.24, 2.45) is 0 Å². The molecule has 1 saturated heterocycles. The molecule has 1 unspecified atom stereocenters. The average Bonchev–Trinajstić information content (AvgIpc) is 2.96. The zero-order valence-electron chi connectivity index (χ0n) is 23.1. The number of nitrogens with zero attached hydrogens (tertiary/aromatic N) is 2. The third-order valence-electron chi connectivity index (χ3n) is 7.10. The van der Waals surface area contributed by atoms with Gasteiger partial charge in [0.05, 0.1) is 10.9 Å². The number of hydrogen-bond acceptors (Lipinski definition) is 7. The number of nitrogens with one attached hydrogen (secondary N) is 3. The van der Waals surface area contributed by atoms with Gasteiger partial charge in [0.15, 0.2) is 0 Å². The molecule has 0 saturated carbocycles. The Kier molecular flexibility index (Phi) is 7.83. The van der Waals surface area contributed by atoms with Crippen molar-refractivity contribution in [1.29, 1.82) is 0 Å². The maximum absolute atomic E-state index is 14.0. The van der Waals surface area contributed by atoms with Crippen LogP contribution in [-0.4, -0.2) is 33.4 Å². The van der Waals surface area contributed by atoms with Gasteiger partial charge in [0, 0.05) is 18.7 Å². The number of anilines is 1. The zero-order valence-corrected chi connectivity index (χ0v) is 23.1. The number of carbonyl (C=O) groups excluding carboxylic acids is 4. The Hall–Kier alpha value is -5.32. The third kappa shape index (κ3) is 5.62. The number of imide groups is 1. The first-order valence-electron chi connectivity index (χ1n) is 13.4. The van der Waals surface area contributed by atoms with Crippen LogP contribution in [-0.2, 0) is 37.8 Å². The lowest BCUT2D eigenvalue weighted by molar-refractivity contribution is -0.164. The maximum Gasteiger partial charge on any atom is 0.342 e. The standard InChI is InChI=1S/C31H29N5O6/c1-19-7-6-10-23(15-19)34-30(41)32-17-22-11-12-25-24(16-22)27(38)36(20(2)33-25)31(14-13-26(37)35-28(31)39)29(40)42-18-21-8-4-3-5-9-21/h3-12,15-16H,13-14,17-18H2,1-2H3,(H2,32,34,41)(H,35,37,39). The Morgan fingerprint density at radius 1 is 0.976 bits per heavy atom. The van der Waals surface area contributed by atoms with Crippen LogP contribution in [0.25, 0.3) is 10.9 Å². The minimum Gasteiger partial charge on any atom is -0.459 e. The molecule has 3 aromatic carbocycles. The predicted octanol–water partition coefficient (Wildman–Crippen LogP) is 3.21. The highest BCUT2D eigenvalue weighted by molar-refractivity contribution is 6.13. The van der Waals surface area contributed by atoms with E-state index in [0.717, 1.165) is 10.1 Å². The molecule has 4 aromatic rings. The number of rotatable bonds is 7. The van der Waals surface area contributed by atoms with Gasteiger partial charge in [-0.2, -0.15) is 0 Å². The van der Waals surface area contributed by atoms with E-state index in [1.807, 2.05) is 31.2 Å². The Labute approximate surface area is 240 Å². The molecule has 214 valence electrons. The van der Waals surface area contributed by atoms with Crippen LogP contribution in [0.5, 0.6) is 0 Å². The van der Waals surface area contributed by atoms with E-state index in [4.69, 9.17) is 4.74 Å². The van der Waals surface area contributed by atoms with Crippen molar-refractivity contribution in [3.63, 3.8) is 0 Å². The number of carbonyl (C=O) groups is 4. The SMILES string of the molecule is Cc1cccc(NC(=O)NCc2ccc3nc(C)n(C4(C(=O)OCc5ccccc5)CCC(=O)NC4=O)c(=O)c3c2)c1. The van der Waals surface area contributed by atoms with Crippen molar-refractivity contribution in [1.82, 2.24) is 20.2 Å². The second-order valence-electron chi connectivity index (χ2n) is 10.1. The maximum atomic E-state index is 14.0. The smallest absolute Gasteiger partial charge is 0.342 e. The number of piperidine rings is 1. The zero-order chi connectivity index (χ0) is 29.9. The number of amides is 4. The molecule has 1 aromatic heterocycles. The van der Waals surface area contributed by atoms with Gasteiger partial charge in [-0.3, -0.25) is 24.3 Å². The highest BCUT2D eigenvalue weighted by Gasteiger charge is 2.54. The lowest BCUT2D eigenvalue weighted by Crippen LogP contribution is -2.62. The first kappa shape index (κ1) is 28.2. The molecule has 0 bridgehead atoms. The van der Waals surface area contributed by atoms with Crippen LogP contribution in [0, 0.1) is 13.8 Å². The number of hydrogen-bond donors (Lipinski definition) is 3. The molecule has 1 fully saturated rings. The Bertz CT molecular complexity index is 1770. The normalized spacial score (nSPS) is 16.5. The Morgan fingerprint density at radius 2 is 1.76 bits per heavy atom. The van der Waals surface area contributed by atoms with Crippen molar-refractivity contribution in [2.45, 2.75) is 45.4 Å². The highest BCUT2D eigenvalue weighted by Crippen LogP contribution is 2.30. The number of esters is 1. The predicted molar refractivity (Wildman–Crippen MR) is 154 cm³/mol. The molecular weight excluding hydrogens is 538 g/mol. The van der Waals surface area contributed by atoms with E-state index in [9.17, 15) is 24.0 Å². The molecular formula is C31H29N5O6. The molecule has 0 spiro atoms. The van der Waals surface area contributed by atoms with Gasteiger partial charge in [0.25, 0.3) is 11.5 Å². The molecule has 4 amide bonds. The van der Waals surface area contributed by atoms with Gasteiger partial charge in [-0.05, 0) is 61.2 Å². The van der Waals surface area contributed by atoms with E-state index in [-0.39, 0.29) is 37.2 Å². The summed E-state index contributed by atoms with van der Waals surface area (Å²) < 4.78 is 6.56. The van der Waals surface area contributed by atoms with Gasteiger partial charge in [0.1, 0.15) is 12.4 Å². The minimum atomic E-state index is -2.13. The Morgan fingerprint density at radius 3 is 2.50 bits per heavy atom. The van der Waals surface area contributed by atoms with Crippen LogP contribution in [0.3, 0.4) is 0 Å². The van der Waals surface area contributed by atoms with Crippen LogP contribution in [0.1, 0.15) is 35.4 Å². The van der Waals surface area contributed by atoms with Crippen molar-refractivity contribution >= 4 is 40.4 Å². The summed E-state index contributed by atoms with van der Waals surface area (Å²) >= 11 is 0.